The molecule has 3 nitrogen and oxygen atoms in total. The van der Waals surface area contributed by atoms with Gasteiger partial charge in [0.15, 0.2) is 0 Å². The molecule has 0 aromatic heterocycles. The van der Waals surface area contributed by atoms with Gasteiger partial charge in [0.25, 0.3) is 0 Å². The molecular formula is C7H15NO2S. The average molecular weight is 177 g/mol. The molecule has 0 aromatic carbocycles. The monoisotopic (exact) mass is 177 g/mol. The van der Waals surface area contributed by atoms with Crippen LogP contribution in [0.5, 0.6) is 0 Å². The van der Waals surface area contributed by atoms with Crippen molar-refractivity contribution in [2.45, 2.75) is 25.5 Å². The first-order valence-corrected chi connectivity index (χ1v) is 5.13. The number of hydrogen-bond acceptors (Lipinski definition) is 2. The molecule has 0 spiro atoms. The van der Waals surface area contributed by atoms with Gasteiger partial charge in [-0.2, -0.15) is 0 Å². The smallest absolute Gasteiger partial charge is 0.211 e. The van der Waals surface area contributed by atoms with E-state index in [1.807, 2.05) is 6.92 Å². The van der Waals surface area contributed by atoms with Gasteiger partial charge in [0, 0.05) is 0 Å². The third kappa shape index (κ3) is 3.53. The Bertz CT molecular complexity index is 221. The van der Waals surface area contributed by atoms with Crippen LogP contribution in [-0.4, -0.2) is 13.7 Å². The molecule has 0 aliphatic heterocycles. The third-order valence-electron chi connectivity index (χ3n) is 1.86. The molecular weight excluding hydrogens is 162 g/mol. The van der Waals surface area contributed by atoms with Crippen molar-refractivity contribution in [3.05, 3.63) is 12.7 Å². The Balaban J connectivity index is 4.25. The van der Waals surface area contributed by atoms with E-state index in [9.17, 15) is 8.42 Å². The summed E-state index contributed by atoms with van der Waals surface area (Å²) in [6.45, 7) is 6.99. The molecule has 0 amide bonds. The lowest BCUT2D eigenvalue weighted by molar-refractivity contribution is 0.526. The molecule has 2 atom stereocenters. The Kier molecular flexibility index (Phi) is 3.75. The van der Waals surface area contributed by atoms with E-state index >= 15 is 0 Å². The zero-order chi connectivity index (χ0) is 9.07. The lowest BCUT2D eigenvalue weighted by Gasteiger charge is -2.15. The topological polar surface area (TPSA) is 60.2 Å². The van der Waals surface area contributed by atoms with Gasteiger partial charge in [0.2, 0.25) is 10.0 Å². The quantitative estimate of drug-likeness (QED) is 0.648. The molecule has 11 heavy (non-hydrogen) atoms. The Hall–Kier alpha value is -0.350. The molecule has 0 aliphatic carbocycles. The molecule has 0 fully saturated rings. The number of allylic oxidation sites excluding steroid dienone is 1. The molecule has 0 unspecified atom stereocenters. The van der Waals surface area contributed by atoms with Crippen LogP contribution >= 0.6 is 0 Å². The molecule has 2 N–H and O–H groups in total. The van der Waals surface area contributed by atoms with E-state index in [0.29, 0.717) is 6.42 Å². The summed E-state index contributed by atoms with van der Waals surface area (Å²) in [5.41, 5.74) is 0. The van der Waals surface area contributed by atoms with Gasteiger partial charge in [-0.1, -0.05) is 13.0 Å². The van der Waals surface area contributed by atoms with E-state index in [1.54, 1.807) is 13.0 Å². The van der Waals surface area contributed by atoms with Crippen molar-refractivity contribution >= 4 is 10.0 Å². The predicted molar refractivity (Wildman–Crippen MR) is 46.5 cm³/mol. The summed E-state index contributed by atoms with van der Waals surface area (Å²) in [6.07, 6.45) is 2.38. The lowest BCUT2D eigenvalue weighted by atomic mass is 10.1. The summed E-state index contributed by atoms with van der Waals surface area (Å²) in [7, 11) is -3.37. The van der Waals surface area contributed by atoms with Crippen molar-refractivity contribution in [1.29, 1.82) is 0 Å². The third-order valence-corrected chi connectivity index (χ3v) is 3.36. The molecule has 0 aliphatic rings. The van der Waals surface area contributed by atoms with Crippen LogP contribution in [-0.2, 0) is 10.0 Å². The van der Waals surface area contributed by atoms with Gasteiger partial charge in [0.05, 0.1) is 5.25 Å². The van der Waals surface area contributed by atoms with Crippen LogP contribution < -0.4 is 5.14 Å². The molecule has 0 saturated heterocycles. The van der Waals surface area contributed by atoms with Gasteiger partial charge >= 0.3 is 0 Å². The van der Waals surface area contributed by atoms with Crippen molar-refractivity contribution < 1.29 is 8.42 Å². The van der Waals surface area contributed by atoms with E-state index in [0.717, 1.165) is 0 Å². The lowest BCUT2D eigenvalue weighted by Crippen LogP contribution is -2.31. The van der Waals surface area contributed by atoms with E-state index < -0.39 is 15.3 Å². The SMILES string of the molecule is C=CC[C@@H](C)[C@@H](C)S(N)(=O)=O. The maximum Gasteiger partial charge on any atom is 0.211 e. The first-order valence-electron chi connectivity index (χ1n) is 3.52. The fraction of sp³-hybridized carbons (Fsp3) is 0.714. The normalized spacial score (nSPS) is 17.4. The Morgan fingerprint density at radius 3 is 2.27 bits per heavy atom. The molecule has 0 aromatic rings. The van der Waals surface area contributed by atoms with Gasteiger partial charge in [-0.05, 0) is 19.3 Å². The molecule has 0 heterocycles. The highest BCUT2D eigenvalue weighted by Crippen LogP contribution is 2.13. The van der Waals surface area contributed by atoms with Crippen molar-refractivity contribution in [2.75, 3.05) is 0 Å². The van der Waals surface area contributed by atoms with Crippen LogP contribution in [0.1, 0.15) is 20.3 Å². The average Bonchev–Trinajstić information content (AvgIpc) is 1.85. The molecule has 4 heteroatoms. The number of primary sulfonamides is 1. The molecule has 66 valence electrons. The highest BCUT2D eigenvalue weighted by Gasteiger charge is 2.21. The van der Waals surface area contributed by atoms with Crippen molar-refractivity contribution in [3.63, 3.8) is 0 Å². The predicted octanol–water partition coefficient (Wildman–Crippen LogP) is 0.876. The van der Waals surface area contributed by atoms with Crippen molar-refractivity contribution in [1.82, 2.24) is 0 Å². The number of nitrogens with two attached hydrogens (primary N) is 1. The van der Waals surface area contributed by atoms with Crippen LogP contribution in [0.2, 0.25) is 0 Å². The minimum absolute atomic E-state index is 0.0440. The second kappa shape index (κ2) is 3.88. The Labute approximate surface area is 68.3 Å². The standard InChI is InChI=1S/C7H15NO2S/c1-4-5-6(2)7(3)11(8,9)10/h4,6-7H,1,5H2,2-3H3,(H2,8,9,10)/t6-,7-/m1/s1. The zero-order valence-electron chi connectivity index (χ0n) is 6.95. The largest absolute Gasteiger partial charge is 0.228 e. The zero-order valence-corrected chi connectivity index (χ0v) is 7.76. The van der Waals surface area contributed by atoms with Crippen LogP contribution in [0.25, 0.3) is 0 Å². The minimum atomic E-state index is -3.37. The van der Waals surface area contributed by atoms with Gasteiger partial charge in [0.1, 0.15) is 0 Å². The first kappa shape index (κ1) is 10.7. The summed E-state index contributed by atoms with van der Waals surface area (Å²) in [4.78, 5) is 0. The Morgan fingerprint density at radius 1 is 1.55 bits per heavy atom. The highest BCUT2D eigenvalue weighted by atomic mass is 32.2. The van der Waals surface area contributed by atoms with Crippen LogP contribution in [0.3, 0.4) is 0 Å². The summed E-state index contributed by atoms with van der Waals surface area (Å²) in [6, 6.07) is 0. The number of hydrogen-bond donors (Lipinski definition) is 1. The Morgan fingerprint density at radius 2 is 2.00 bits per heavy atom. The van der Waals surface area contributed by atoms with Crippen LogP contribution in [0.4, 0.5) is 0 Å². The van der Waals surface area contributed by atoms with Crippen LogP contribution in [0, 0.1) is 5.92 Å². The fourth-order valence-corrected chi connectivity index (χ4v) is 1.54. The maximum atomic E-state index is 10.8. The second-order valence-electron chi connectivity index (χ2n) is 2.80. The second-order valence-corrected chi connectivity index (χ2v) is 4.72. The van der Waals surface area contributed by atoms with Gasteiger partial charge in [-0.3, -0.25) is 0 Å². The molecule has 0 radical (unpaired) electrons. The van der Waals surface area contributed by atoms with Crippen LogP contribution in [0.15, 0.2) is 12.7 Å². The number of rotatable bonds is 4. The van der Waals surface area contributed by atoms with E-state index in [-0.39, 0.29) is 5.92 Å². The molecule has 0 rings (SSSR count). The van der Waals surface area contributed by atoms with E-state index in [2.05, 4.69) is 6.58 Å². The van der Waals surface area contributed by atoms with Gasteiger partial charge in [-0.15, -0.1) is 6.58 Å². The number of sulfonamides is 1. The van der Waals surface area contributed by atoms with E-state index in [4.69, 9.17) is 5.14 Å². The highest BCUT2D eigenvalue weighted by molar-refractivity contribution is 7.89. The first-order chi connectivity index (χ1) is 4.89. The molecule has 0 bridgehead atoms. The van der Waals surface area contributed by atoms with Crippen molar-refractivity contribution in [3.8, 4) is 0 Å². The summed E-state index contributed by atoms with van der Waals surface area (Å²) >= 11 is 0. The summed E-state index contributed by atoms with van der Waals surface area (Å²) in [5, 5.41) is 4.46. The summed E-state index contributed by atoms with van der Waals surface area (Å²) in [5.74, 6) is 0.0440. The fourth-order valence-electron chi connectivity index (χ4n) is 0.778. The van der Waals surface area contributed by atoms with Crippen molar-refractivity contribution in [2.24, 2.45) is 11.1 Å². The minimum Gasteiger partial charge on any atom is -0.228 e. The summed E-state index contributed by atoms with van der Waals surface area (Å²) < 4.78 is 21.6. The van der Waals surface area contributed by atoms with Gasteiger partial charge < -0.3 is 0 Å². The van der Waals surface area contributed by atoms with E-state index in [1.165, 1.54) is 0 Å². The maximum absolute atomic E-state index is 10.8. The molecule has 0 saturated carbocycles. The van der Waals surface area contributed by atoms with Gasteiger partial charge in [-0.25, -0.2) is 13.6 Å².